The molecule has 0 aliphatic rings. The third-order valence-corrected chi connectivity index (χ3v) is 6.56. The maximum absolute atomic E-state index is 13.1. The summed E-state index contributed by atoms with van der Waals surface area (Å²) >= 11 is 6.74. The molecule has 0 fully saturated rings. The predicted octanol–water partition coefficient (Wildman–Crippen LogP) is 6.70. The van der Waals surface area contributed by atoms with Gasteiger partial charge in [-0.3, -0.25) is 20.1 Å². The highest BCUT2D eigenvalue weighted by molar-refractivity contribution is 9.11. The Morgan fingerprint density at radius 3 is 2.36 bits per heavy atom. The molecule has 2 atom stereocenters. The molecule has 0 heterocycles. The predicted molar refractivity (Wildman–Crippen MR) is 152 cm³/mol. The Labute approximate surface area is 242 Å². The Hall–Kier alpha value is -3.67. The van der Waals surface area contributed by atoms with E-state index in [1.165, 1.54) is 24.6 Å². The van der Waals surface area contributed by atoms with Gasteiger partial charge in [0.15, 0.2) is 11.9 Å². The first-order chi connectivity index (χ1) is 18.7. The lowest BCUT2D eigenvalue weighted by Gasteiger charge is -2.29. The highest BCUT2D eigenvalue weighted by atomic mass is 79.9. The number of amides is 2. The number of aromatic hydroxyl groups is 1. The van der Waals surface area contributed by atoms with Gasteiger partial charge in [-0.25, -0.2) is 10.3 Å². The molecule has 204 valence electrons. The molecule has 0 aliphatic heterocycles. The number of hydrogen-bond donors (Lipinski definition) is 4. The molecule has 0 aliphatic carbocycles. The fourth-order valence-corrected chi connectivity index (χ4v) is 4.89. The SMILES string of the molecule is CC(=O)c1ccc(NC(=O)O[C@H](c2cc(Br)cc(Br)c2O)[C@@H](CC/C=C/C(=O)NO)Oc2ccccc2)cc1. The van der Waals surface area contributed by atoms with Crippen LogP contribution in [0.2, 0.25) is 0 Å². The zero-order chi connectivity index (χ0) is 28.4. The summed E-state index contributed by atoms with van der Waals surface area (Å²) < 4.78 is 13.1. The molecule has 0 unspecified atom stereocenters. The third kappa shape index (κ3) is 8.95. The number of anilines is 1. The van der Waals surface area contributed by atoms with E-state index >= 15 is 0 Å². The smallest absolute Gasteiger partial charge is 0.412 e. The van der Waals surface area contributed by atoms with Crippen molar-refractivity contribution >= 4 is 55.3 Å². The molecule has 0 saturated carbocycles. The third-order valence-electron chi connectivity index (χ3n) is 5.50. The number of phenols is 1. The van der Waals surface area contributed by atoms with Gasteiger partial charge in [0.1, 0.15) is 17.6 Å². The van der Waals surface area contributed by atoms with Gasteiger partial charge >= 0.3 is 6.09 Å². The van der Waals surface area contributed by atoms with E-state index in [2.05, 4.69) is 37.2 Å². The van der Waals surface area contributed by atoms with E-state index in [1.807, 2.05) is 6.07 Å². The average Bonchev–Trinajstić information content (AvgIpc) is 2.92. The monoisotopic (exact) mass is 660 g/mol. The summed E-state index contributed by atoms with van der Waals surface area (Å²) in [6.07, 6.45) is 0.552. The Kier molecular flexibility index (Phi) is 11.1. The lowest BCUT2D eigenvalue weighted by atomic mass is 9.99. The molecule has 39 heavy (non-hydrogen) atoms. The van der Waals surface area contributed by atoms with E-state index in [0.717, 1.165) is 0 Å². The van der Waals surface area contributed by atoms with Gasteiger partial charge in [-0.15, -0.1) is 0 Å². The minimum absolute atomic E-state index is 0.105. The van der Waals surface area contributed by atoms with Crippen molar-refractivity contribution in [1.29, 1.82) is 0 Å². The molecular formula is C28H26Br2N2O7. The number of ketones is 1. The van der Waals surface area contributed by atoms with E-state index in [0.29, 0.717) is 32.4 Å². The largest absolute Gasteiger partial charge is 0.506 e. The van der Waals surface area contributed by atoms with Gasteiger partial charge in [0.05, 0.1) is 4.47 Å². The van der Waals surface area contributed by atoms with Crippen LogP contribution in [0.15, 0.2) is 87.8 Å². The number of benzene rings is 3. The molecule has 0 radical (unpaired) electrons. The van der Waals surface area contributed by atoms with Crippen LogP contribution in [-0.2, 0) is 9.53 Å². The van der Waals surface area contributed by atoms with E-state index in [4.69, 9.17) is 14.7 Å². The zero-order valence-electron chi connectivity index (χ0n) is 20.8. The lowest BCUT2D eigenvalue weighted by Crippen LogP contribution is -2.31. The van der Waals surface area contributed by atoms with Gasteiger partial charge in [0, 0.05) is 27.4 Å². The number of carbonyl (C=O) groups is 3. The summed E-state index contributed by atoms with van der Waals surface area (Å²) in [4.78, 5) is 36.0. The Morgan fingerprint density at radius 1 is 1.03 bits per heavy atom. The number of phenolic OH excluding ortho intramolecular Hbond substituents is 1. The number of nitrogens with one attached hydrogen (secondary N) is 2. The molecule has 0 bridgehead atoms. The van der Waals surface area contributed by atoms with Gasteiger partial charge in [0.25, 0.3) is 5.91 Å². The number of Topliss-reactive ketones (excluding diaryl/α,β-unsaturated/α-hetero) is 1. The topological polar surface area (TPSA) is 134 Å². The molecule has 3 aromatic rings. The van der Waals surface area contributed by atoms with Crippen LogP contribution in [0.5, 0.6) is 11.5 Å². The number of halogens is 2. The molecule has 3 aromatic carbocycles. The van der Waals surface area contributed by atoms with Crippen LogP contribution in [-0.4, -0.2) is 34.2 Å². The molecule has 11 heteroatoms. The number of ether oxygens (including phenoxy) is 2. The summed E-state index contributed by atoms with van der Waals surface area (Å²) in [5.74, 6) is -0.431. The summed E-state index contributed by atoms with van der Waals surface area (Å²) in [7, 11) is 0. The van der Waals surface area contributed by atoms with Crippen LogP contribution in [0.3, 0.4) is 0 Å². The number of rotatable bonds is 11. The quantitative estimate of drug-likeness (QED) is 0.0778. The normalized spacial score (nSPS) is 12.4. The van der Waals surface area contributed by atoms with Crippen LogP contribution in [0.25, 0.3) is 0 Å². The highest BCUT2D eigenvalue weighted by Gasteiger charge is 2.32. The van der Waals surface area contributed by atoms with Crippen LogP contribution in [0.4, 0.5) is 10.5 Å². The van der Waals surface area contributed by atoms with Crippen LogP contribution < -0.4 is 15.5 Å². The molecule has 2 amide bonds. The molecular weight excluding hydrogens is 636 g/mol. The van der Waals surface area contributed by atoms with Gasteiger partial charge in [-0.1, -0.05) is 40.2 Å². The summed E-state index contributed by atoms with van der Waals surface area (Å²) in [6, 6.07) is 18.5. The Bertz CT molecular complexity index is 1330. The highest BCUT2D eigenvalue weighted by Crippen LogP contribution is 2.40. The molecule has 3 rings (SSSR count). The lowest BCUT2D eigenvalue weighted by molar-refractivity contribution is -0.124. The van der Waals surface area contributed by atoms with Crippen LogP contribution >= 0.6 is 31.9 Å². The van der Waals surface area contributed by atoms with Crippen molar-refractivity contribution < 1.29 is 34.2 Å². The first-order valence-corrected chi connectivity index (χ1v) is 13.4. The number of allylic oxidation sites excluding steroid dienone is 1. The summed E-state index contributed by atoms with van der Waals surface area (Å²) in [5.41, 5.74) is 2.70. The van der Waals surface area contributed by atoms with Gasteiger partial charge in [0.2, 0.25) is 0 Å². The van der Waals surface area contributed by atoms with Crippen molar-refractivity contribution in [3.8, 4) is 11.5 Å². The first-order valence-electron chi connectivity index (χ1n) is 11.8. The number of carbonyl (C=O) groups excluding carboxylic acids is 3. The second-order valence-corrected chi connectivity index (χ2v) is 10.1. The van der Waals surface area contributed by atoms with Crippen LogP contribution in [0.1, 0.15) is 41.8 Å². The second-order valence-electron chi connectivity index (χ2n) is 8.34. The molecule has 4 N–H and O–H groups in total. The van der Waals surface area contributed by atoms with E-state index in [1.54, 1.807) is 60.7 Å². The molecule has 9 nitrogen and oxygen atoms in total. The van der Waals surface area contributed by atoms with Gasteiger partial charge < -0.3 is 14.6 Å². The maximum atomic E-state index is 13.1. The zero-order valence-corrected chi connectivity index (χ0v) is 23.9. The fraction of sp³-hybridized carbons (Fsp3) is 0.179. The first kappa shape index (κ1) is 29.9. The van der Waals surface area contributed by atoms with Crippen molar-refractivity contribution in [3.05, 3.63) is 99.0 Å². The molecule has 0 saturated heterocycles. The minimum atomic E-state index is -1.10. The molecule has 0 aromatic heterocycles. The maximum Gasteiger partial charge on any atom is 0.412 e. The number of hydrogen-bond acceptors (Lipinski definition) is 7. The average molecular weight is 662 g/mol. The van der Waals surface area contributed by atoms with Crippen molar-refractivity contribution in [3.63, 3.8) is 0 Å². The van der Waals surface area contributed by atoms with Gasteiger partial charge in [-0.2, -0.15) is 0 Å². The van der Waals surface area contributed by atoms with Crippen molar-refractivity contribution in [2.45, 2.75) is 32.0 Å². The van der Waals surface area contributed by atoms with Crippen LogP contribution in [0, 0.1) is 0 Å². The Morgan fingerprint density at radius 2 is 1.72 bits per heavy atom. The minimum Gasteiger partial charge on any atom is -0.506 e. The fourth-order valence-electron chi connectivity index (χ4n) is 3.63. The molecule has 0 spiro atoms. The van der Waals surface area contributed by atoms with E-state index < -0.39 is 24.2 Å². The van der Waals surface area contributed by atoms with E-state index in [-0.39, 0.29) is 23.5 Å². The number of para-hydroxylation sites is 1. The van der Waals surface area contributed by atoms with E-state index in [9.17, 15) is 19.5 Å². The van der Waals surface area contributed by atoms with Crippen molar-refractivity contribution in [2.24, 2.45) is 0 Å². The summed E-state index contributed by atoms with van der Waals surface area (Å²) in [5, 5.41) is 22.3. The standard InChI is InChI=1S/C28H26Br2N2O7/c1-17(33)18-11-13-20(14-12-18)31-28(36)39-27(22-15-19(29)16-23(30)26(22)35)24(9-5-6-10-25(34)32-37)38-21-7-3-2-4-8-21/h2-4,6-8,10-16,24,27,35,37H,5,9H2,1H3,(H,31,36)(H,32,34)/b10-6+/t24-,27-/m1/s1. The van der Waals surface area contributed by atoms with Crippen molar-refractivity contribution in [2.75, 3.05) is 5.32 Å². The summed E-state index contributed by atoms with van der Waals surface area (Å²) in [6.45, 7) is 1.45. The number of hydroxylamine groups is 1. The second kappa shape index (κ2) is 14.5. The Balaban J connectivity index is 1.95. The van der Waals surface area contributed by atoms with Crippen molar-refractivity contribution in [1.82, 2.24) is 5.48 Å². The van der Waals surface area contributed by atoms with Gasteiger partial charge in [-0.05, 0) is 84.2 Å².